The molecule has 0 saturated heterocycles. The molecule has 0 aromatic rings. The number of halogens is 3. The standard InChI is InChI=1S/C5H8F3/c1-3-4(6)5(2,7)8/h3H2,1-2H3. The summed E-state index contributed by atoms with van der Waals surface area (Å²) in [7, 11) is 0. The van der Waals surface area contributed by atoms with Crippen molar-refractivity contribution in [2.24, 2.45) is 0 Å². The van der Waals surface area contributed by atoms with E-state index in [-0.39, 0.29) is 6.42 Å². The van der Waals surface area contributed by atoms with Crippen LogP contribution in [0.4, 0.5) is 13.2 Å². The minimum absolute atomic E-state index is 0.205. The first-order valence-electron chi connectivity index (χ1n) is 2.38. The van der Waals surface area contributed by atoms with Crippen LogP contribution in [0.5, 0.6) is 0 Å². The van der Waals surface area contributed by atoms with Crippen molar-refractivity contribution in [2.45, 2.75) is 26.2 Å². The van der Waals surface area contributed by atoms with Crippen LogP contribution in [-0.2, 0) is 0 Å². The van der Waals surface area contributed by atoms with Crippen molar-refractivity contribution in [1.82, 2.24) is 0 Å². The Labute approximate surface area is 46.7 Å². The SMILES string of the molecule is CC[C](F)C(C)(F)F. The van der Waals surface area contributed by atoms with Gasteiger partial charge >= 0.3 is 0 Å². The predicted molar refractivity (Wildman–Crippen MR) is 25.3 cm³/mol. The zero-order valence-corrected chi connectivity index (χ0v) is 4.84. The van der Waals surface area contributed by atoms with Crippen LogP contribution in [0.2, 0.25) is 0 Å². The van der Waals surface area contributed by atoms with E-state index >= 15 is 0 Å². The second kappa shape index (κ2) is 2.37. The third-order valence-electron chi connectivity index (χ3n) is 0.787. The van der Waals surface area contributed by atoms with Gasteiger partial charge in [-0.25, -0.2) is 13.2 Å². The highest BCUT2D eigenvalue weighted by Crippen LogP contribution is 2.28. The predicted octanol–water partition coefficient (Wildman–Crippen LogP) is 2.55. The van der Waals surface area contributed by atoms with Gasteiger partial charge in [-0.1, -0.05) is 6.92 Å². The Morgan fingerprint density at radius 1 is 1.50 bits per heavy atom. The van der Waals surface area contributed by atoms with Gasteiger partial charge in [0.1, 0.15) is 0 Å². The summed E-state index contributed by atoms with van der Waals surface area (Å²) >= 11 is 0. The fourth-order valence-electron chi connectivity index (χ4n) is 0.310. The van der Waals surface area contributed by atoms with Gasteiger partial charge in [0.25, 0.3) is 5.92 Å². The van der Waals surface area contributed by atoms with Crippen molar-refractivity contribution in [1.29, 1.82) is 0 Å². The second-order valence-corrected chi connectivity index (χ2v) is 1.65. The van der Waals surface area contributed by atoms with Crippen LogP contribution >= 0.6 is 0 Å². The van der Waals surface area contributed by atoms with Gasteiger partial charge in [0.2, 0.25) is 6.17 Å². The molecular weight excluding hydrogens is 117 g/mol. The average molecular weight is 125 g/mol. The van der Waals surface area contributed by atoms with Crippen LogP contribution in [0.25, 0.3) is 0 Å². The van der Waals surface area contributed by atoms with Crippen molar-refractivity contribution in [3.05, 3.63) is 6.17 Å². The summed E-state index contributed by atoms with van der Waals surface area (Å²) in [6, 6.07) is 0. The molecule has 0 rings (SSSR count). The molecule has 0 amide bonds. The van der Waals surface area contributed by atoms with Crippen LogP contribution in [0.15, 0.2) is 0 Å². The molecule has 0 aliphatic heterocycles. The lowest BCUT2D eigenvalue weighted by molar-refractivity contribution is -0.00166. The highest BCUT2D eigenvalue weighted by Gasteiger charge is 2.33. The lowest BCUT2D eigenvalue weighted by Gasteiger charge is -2.10. The molecule has 0 atom stereocenters. The Bertz CT molecular complexity index is 64.6. The molecular formula is C5H8F3. The third kappa shape index (κ3) is 2.19. The molecule has 0 saturated carbocycles. The third-order valence-corrected chi connectivity index (χ3v) is 0.787. The summed E-state index contributed by atoms with van der Waals surface area (Å²) < 4.78 is 35.2. The van der Waals surface area contributed by atoms with Gasteiger partial charge in [-0.2, -0.15) is 0 Å². The molecule has 0 bridgehead atoms. The summed E-state index contributed by atoms with van der Waals surface area (Å²) in [6.07, 6.45) is -1.46. The molecule has 1 radical (unpaired) electrons. The van der Waals surface area contributed by atoms with E-state index in [2.05, 4.69) is 0 Å². The molecule has 0 unspecified atom stereocenters. The molecule has 49 valence electrons. The topological polar surface area (TPSA) is 0 Å². The molecule has 3 heteroatoms. The van der Waals surface area contributed by atoms with Crippen LogP contribution in [0, 0.1) is 6.17 Å². The zero-order valence-electron chi connectivity index (χ0n) is 4.84. The molecule has 0 aromatic heterocycles. The van der Waals surface area contributed by atoms with Crippen molar-refractivity contribution < 1.29 is 13.2 Å². The first kappa shape index (κ1) is 7.79. The molecule has 8 heavy (non-hydrogen) atoms. The Balaban J connectivity index is 3.62. The smallest absolute Gasteiger partial charge is 0.233 e. The number of hydrogen-bond acceptors (Lipinski definition) is 0. The van der Waals surface area contributed by atoms with E-state index < -0.39 is 12.1 Å². The molecule has 0 nitrogen and oxygen atoms in total. The lowest BCUT2D eigenvalue weighted by Crippen LogP contribution is -2.16. The van der Waals surface area contributed by atoms with Crippen LogP contribution in [0.1, 0.15) is 20.3 Å². The summed E-state index contributed by atoms with van der Waals surface area (Å²) in [5.41, 5.74) is 0. The van der Waals surface area contributed by atoms with Gasteiger partial charge in [-0.15, -0.1) is 0 Å². The fraction of sp³-hybridized carbons (Fsp3) is 0.800. The van der Waals surface area contributed by atoms with Gasteiger partial charge in [0.05, 0.1) is 0 Å². The monoisotopic (exact) mass is 125 g/mol. The van der Waals surface area contributed by atoms with E-state index in [4.69, 9.17) is 0 Å². The molecule has 0 fully saturated rings. The van der Waals surface area contributed by atoms with Gasteiger partial charge in [0, 0.05) is 6.92 Å². The summed E-state index contributed by atoms with van der Waals surface area (Å²) in [4.78, 5) is 0. The van der Waals surface area contributed by atoms with Gasteiger partial charge < -0.3 is 0 Å². The molecule has 0 heterocycles. The Morgan fingerprint density at radius 2 is 1.88 bits per heavy atom. The molecule has 0 aromatic carbocycles. The highest BCUT2D eigenvalue weighted by molar-refractivity contribution is 4.87. The van der Waals surface area contributed by atoms with Crippen molar-refractivity contribution in [3.63, 3.8) is 0 Å². The van der Waals surface area contributed by atoms with E-state index in [1.165, 1.54) is 6.92 Å². The van der Waals surface area contributed by atoms with Gasteiger partial charge in [0.15, 0.2) is 0 Å². The van der Waals surface area contributed by atoms with Crippen LogP contribution in [-0.4, -0.2) is 5.92 Å². The number of hydrogen-bond donors (Lipinski definition) is 0. The molecule has 0 aliphatic rings. The van der Waals surface area contributed by atoms with Crippen molar-refractivity contribution >= 4 is 0 Å². The van der Waals surface area contributed by atoms with Crippen molar-refractivity contribution in [3.8, 4) is 0 Å². The first-order chi connectivity index (χ1) is 3.48. The van der Waals surface area contributed by atoms with E-state index in [0.717, 1.165) is 0 Å². The Hall–Kier alpha value is -0.210. The average Bonchev–Trinajstić information content (AvgIpc) is 1.62. The summed E-state index contributed by atoms with van der Waals surface area (Å²) in [5.74, 6) is -3.24. The Morgan fingerprint density at radius 3 is 1.88 bits per heavy atom. The lowest BCUT2D eigenvalue weighted by atomic mass is 10.2. The van der Waals surface area contributed by atoms with Crippen LogP contribution < -0.4 is 0 Å². The maximum absolute atomic E-state index is 11.8. The highest BCUT2D eigenvalue weighted by atomic mass is 19.3. The summed E-state index contributed by atoms with van der Waals surface area (Å²) in [6.45, 7) is 1.90. The minimum Gasteiger partial charge on any atom is -0.233 e. The first-order valence-corrected chi connectivity index (χ1v) is 2.38. The largest absolute Gasteiger partial charge is 0.282 e. The van der Waals surface area contributed by atoms with E-state index in [0.29, 0.717) is 6.92 Å². The summed E-state index contributed by atoms with van der Waals surface area (Å²) in [5, 5.41) is 0. The van der Waals surface area contributed by atoms with E-state index in [9.17, 15) is 13.2 Å². The molecule has 0 aliphatic carbocycles. The maximum atomic E-state index is 11.8. The van der Waals surface area contributed by atoms with E-state index in [1.807, 2.05) is 0 Å². The number of alkyl halides is 2. The minimum atomic E-state index is -3.24. The van der Waals surface area contributed by atoms with Gasteiger partial charge in [-0.3, -0.25) is 0 Å². The number of rotatable bonds is 2. The normalized spacial score (nSPS) is 12.8. The Kier molecular flexibility index (Phi) is 2.31. The second-order valence-electron chi connectivity index (χ2n) is 1.65. The molecule has 0 spiro atoms. The maximum Gasteiger partial charge on any atom is 0.282 e. The zero-order chi connectivity index (χ0) is 6.78. The fourth-order valence-corrected chi connectivity index (χ4v) is 0.310. The molecule has 0 N–H and O–H groups in total. The van der Waals surface area contributed by atoms with E-state index in [1.54, 1.807) is 0 Å². The van der Waals surface area contributed by atoms with Gasteiger partial charge in [-0.05, 0) is 6.42 Å². The van der Waals surface area contributed by atoms with Crippen LogP contribution in [0.3, 0.4) is 0 Å². The van der Waals surface area contributed by atoms with Crippen molar-refractivity contribution in [2.75, 3.05) is 0 Å². The quantitative estimate of drug-likeness (QED) is 0.532.